The fraction of sp³-hybridized carbons (Fsp3) is 1.00. The number of nitrogens with one attached hydrogen (secondary N) is 1. The molecule has 1 aliphatic carbocycles. The van der Waals surface area contributed by atoms with Gasteiger partial charge in [-0.25, -0.2) is 0 Å². The third kappa shape index (κ3) is 1.69. The molecule has 2 aliphatic heterocycles. The minimum absolute atomic E-state index is 0.121. The average molecular weight is 197 g/mol. The van der Waals surface area contributed by atoms with Crippen LogP contribution in [0.2, 0.25) is 0 Å². The molecule has 3 aliphatic rings. The van der Waals surface area contributed by atoms with Crippen molar-refractivity contribution in [3.63, 3.8) is 0 Å². The molecule has 14 heavy (non-hydrogen) atoms. The van der Waals surface area contributed by atoms with Crippen LogP contribution in [-0.4, -0.2) is 31.6 Å². The molecule has 2 atom stereocenters. The van der Waals surface area contributed by atoms with Gasteiger partial charge in [0.2, 0.25) is 0 Å². The molecule has 2 heterocycles. The minimum Gasteiger partial charge on any atom is -0.377 e. The first-order valence-electron chi connectivity index (χ1n) is 5.89. The van der Waals surface area contributed by atoms with Crippen LogP contribution in [-0.2, 0) is 9.47 Å². The first kappa shape index (κ1) is 9.13. The van der Waals surface area contributed by atoms with E-state index in [1.807, 2.05) is 0 Å². The lowest BCUT2D eigenvalue weighted by molar-refractivity contribution is -0.199. The van der Waals surface area contributed by atoms with E-state index in [9.17, 15) is 0 Å². The molecule has 80 valence electrons. The third-order valence-corrected chi connectivity index (χ3v) is 3.61. The van der Waals surface area contributed by atoms with Gasteiger partial charge < -0.3 is 9.47 Å². The van der Waals surface area contributed by atoms with Crippen LogP contribution in [0.1, 0.15) is 32.1 Å². The minimum atomic E-state index is -0.121. The molecular formula is C11H19NO2. The number of hydrogen-bond donors (Lipinski definition) is 1. The Kier molecular flexibility index (Phi) is 2.26. The molecule has 1 saturated carbocycles. The van der Waals surface area contributed by atoms with Crippen LogP contribution in [0, 0.1) is 5.92 Å². The summed E-state index contributed by atoms with van der Waals surface area (Å²) in [6, 6.07) is 0. The van der Waals surface area contributed by atoms with E-state index in [4.69, 9.17) is 9.47 Å². The van der Waals surface area contributed by atoms with Gasteiger partial charge in [-0.2, -0.15) is 0 Å². The molecule has 2 saturated heterocycles. The molecule has 1 N–H and O–H groups in total. The molecule has 0 aromatic carbocycles. The maximum absolute atomic E-state index is 6.20. The standard InChI is InChI=1S/C11H19NO2/c1-5-11(8-13-7-1)12-6-4-10(14-11)9-2-3-9/h9-10,12H,1-8H2. The quantitative estimate of drug-likeness (QED) is 0.687. The molecule has 1 spiro atoms. The largest absolute Gasteiger partial charge is 0.377 e. The first-order valence-corrected chi connectivity index (χ1v) is 5.89. The van der Waals surface area contributed by atoms with E-state index in [2.05, 4.69) is 5.32 Å². The van der Waals surface area contributed by atoms with E-state index in [-0.39, 0.29) is 5.72 Å². The Hall–Kier alpha value is -0.120. The van der Waals surface area contributed by atoms with E-state index >= 15 is 0 Å². The van der Waals surface area contributed by atoms with E-state index in [1.54, 1.807) is 0 Å². The lowest BCUT2D eigenvalue weighted by Gasteiger charge is -2.44. The van der Waals surface area contributed by atoms with Crippen LogP contribution in [0.15, 0.2) is 0 Å². The summed E-state index contributed by atoms with van der Waals surface area (Å²) in [5.41, 5.74) is -0.121. The Balaban J connectivity index is 1.66. The number of rotatable bonds is 1. The van der Waals surface area contributed by atoms with Crippen molar-refractivity contribution in [2.45, 2.75) is 43.9 Å². The smallest absolute Gasteiger partial charge is 0.143 e. The lowest BCUT2D eigenvalue weighted by Crippen LogP contribution is -2.59. The number of hydrogen-bond acceptors (Lipinski definition) is 3. The van der Waals surface area contributed by atoms with Crippen LogP contribution in [0.25, 0.3) is 0 Å². The van der Waals surface area contributed by atoms with Gasteiger partial charge >= 0.3 is 0 Å². The second-order valence-electron chi connectivity index (χ2n) is 4.86. The summed E-state index contributed by atoms with van der Waals surface area (Å²) in [5, 5.41) is 3.50. The van der Waals surface area contributed by atoms with Crippen molar-refractivity contribution in [2.75, 3.05) is 19.8 Å². The van der Waals surface area contributed by atoms with Gasteiger partial charge in [0.15, 0.2) is 0 Å². The van der Waals surface area contributed by atoms with Crippen molar-refractivity contribution in [1.82, 2.24) is 5.32 Å². The fourth-order valence-corrected chi connectivity index (χ4v) is 2.63. The van der Waals surface area contributed by atoms with Gasteiger partial charge in [0.1, 0.15) is 5.72 Å². The molecule has 0 bridgehead atoms. The second kappa shape index (κ2) is 3.47. The van der Waals surface area contributed by atoms with Gasteiger partial charge in [-0.05, 0) is 38.0 Å². The molecule has 0 aromatic rings. The molecule has 3 heteroatoms. The van der Waals surface area contributed by atoms with Crippen molar-refractivity contribution >= 4 is 0 Å². The van der Waals surface area contributed by atoms with Crippen LogP contribution in [0.5, 0.6) is 0 Å². The van der Waals surface area contributed by atoms with Gasteiger partial charge in [0.25, 0.3) is 0 Å². The zero-order valence-corrected chi connectivity index (χ0v) is 8.63. The van der Waals surface area contributed by atoms with E-state index in [0.29, 0.717) is 6.10 Å². The predicted molar refractivity (Wildman–Crippen MR) is 53.0 cm³/mol. The molecule has 0 aromatic heterocycles. The molecule has 2 unspecified atom stereocenters. The monoisotopic (exact) mass is 197 g/mol. The topological polar surface area (TPSA) is 30.5 Å². The Labute approximate surface area is 85.1 Å². The summed E-state index contributed by atoms with van der Waals surface area (Å²) in [6.45, 7) is 2.75. The summed E-state index contributed by atoms with van der Waals surface area (Å²) >= 11 is 0. The van der Waals surface area contributed by atoms with Crippen molar-refractivity contribution < 1.29 is 9.47 Å². The number of ether oxygens (including phenoxy) is 2. The molecule has 3 rings (SSSR count). The highest BCUT2D eigenvalue weighted by molar-refractivity contribution is 4.92. The highest BCUT2D eigenvalue weighted by Crippen LogP contribution is 2.40. The molecule has 3 fully saturated rings. The average Bonchev–Trinajstić information content (AvgIpc) is 3.02. The van der Waals surface area contributed by atoms with Crippen molar-refractivity contribution in [1.29, 1.82) is 0 Å². The normalized spacial score (nSPS) is 44.1. The van der Waals surface area contributed by atoms with Crippen molar-refractivity contribution in [3.8, 4) is 0 Å². The fourth-order valence-electron chi connectivity index (χ4n) is 2.63. The first-order chi connectivity index (χ1) is 6.88. The van der Waals surface area contributed by atoms with Gasteiger partial charge in [-0.1, -0.05) is 0 Å². The highest BCUT2D eigenvalue weighted by atomic mass is 16.6. The van der Waals surface area contributed by atoms with Gasteiger partial charge in [-0.15, -0.1) is 0 Å². The van der Waals surface area contributed by atoms with Gasteiger partial charge in [0, 0.05) is 13.2 Å². The van der Waals surface area contributed by atoms with Crippen LogP contribution < -0.4 is 5.32 Å². The Morgan fingerprint density at radius 3 is 2.86 bits per heavy atom. The maximum atomic E-state index is 6.20. The van der Waals surface area contributed by atoms with E-state index in [0.717, 1.165) is 38.5 Å². The second-order valence-corrected chi connectivity index (χ2v) is 4.86. The summed E-state index contributed by atoms with van der Waals surface area (Å²) in [6.07, 6.45) is 6.70. The van der Waals surface area contributed by atoms with Crippen LogP contribution >= 0.6 is 0 Å². The van der Waals surface area contributed by atoms with Gasteiger partial charge in [-0.3, -0.25) is 5.32 Å². The molecule has 0 amide bonds. The third-order valence-electron chi connectivity index (χ3n) is 3.61. The van der Waals surface area contributed by atoms with E-state index in [1.165, 1.54) is 19.3 Å². The Bertz CT molecular complexity index is 204. The highest BCUT2D eigenvalue weighted by Gasteiger charge is 2.43. The van der Waals surface area contributed by atoms with Crippen LogP contribution in [0.3, 0.4) is 0 Å². The lowest BCUT2D eigenvalue weighted by atomic mass is 10.0. The van der Waals surface area contributed by atoms with Crippen LogP contribution in [0.4, 0.5) is 0 Å². The predicted octanol–water partition coefficient (Wildman–Crippen LogP) is 1.28. The summed E-state index contributed by atoms with van der Waals surface area (Å²) in [4.78, 5) is 0. The van der Waals surface area contributed by atoms with E-state index < -0.39 is 0 Å². The SMILES string of the molecule is C1COCC2(C1)NCCC(C1CC1)O2. The van der Waals surface area contributed by atoms with Crippen molar-refractivity contribution in [2.24, 2.45) is 5.92 Å². The zero-order valence-electron chi connectivity index (χ0n) is 8.63. The Morgan fingerprint density at radius 1 is 1.21 bits per heavy atom. The summed E-state index contributed by atoms with van der Waals surface area (Å²) in [5.74, 6) is 0.857. The molecule has 0 radical (unpaired) electrons. The summed E-state index contributed by atoms with van der Waals surface area (Å²) in [7, 11) is 0. The van der Waals surface area contributed by atoms with Crippen molar-refractivity contribution in [3.05, 3.63) is 0 Å². The Morgan fingerprint density at radius 2 is 2.14 bits per heavy atom. The molecule has 3 nitrogen and oxygen atoms in total. The van der Waals surface area contributed by atoms with Gasteiger partial charge in [0.05, 0.1) is 12.7 Å². The maximum Gasteiger partial charge on any atom is 0.143 e. The zero-order chi connectivity index (χ0) is 9.43. The molecular weight excluding hydrogens is 178 g/mol. The summed E-state index contributed by atoms with van der Waals surface area (Å²) < 4.78 is 11.7.